The number of imidazole rings is 1. The van der Waals surface area contributed by atoms with Crippen LogP contribution in [-0.4, -0.2) is 43.7 Å². The second-order valence-electron chi connectivity index (χ2n) is 6.37. The summed E-state index contributed by atoms with van der Waals surface area (Å²) in [5.74, 6) is -0.218. The number of aromatic carboxylic acids is 1. The third kappa shape index (κ3) is 2.22. The second kappa shape index (κ2) is 4.53. The molecule has 0 aromatic carbocycles. The fourth-order valence-corrected chi connectivity index (χ4v) is 2.94. The summed E-state index contributed by atoms with van der Waals surface area (Å²) in [7, 11) is 0. The van der Waals surface area contributed by atoms with Crippen LogP contribution in [0.3, 0.4) is 0 Å². The summed E-state index contributed by atoms with van der Waals surface area (Å²) < 4.78 is 1.73. The number of nitrogens with zero attached hydrogens (tertiary/aromatic N) is 5. The number of anilines is 1. The summed E-state index contributed by atoms with van der Waals surface area (Å²) in [6.45, 7) is 4.64. The van der Waals surface area contributed by atoms with E-state index >= 15 is 0 Å². The highest BCUT2D eigenvalue weighted by Crippen LogP contribution is 2.53. The highest BCUT2D eigenvalue weighted by molar-refractivity contribution is 5.84. The van der Waals surface area contributed by atoms with E-state index in [1.54, 1.807) is 4.57 Å². The summed E-state index contributed by atoms with van der Waals surface area (Å²) in [6, 6.07) is 0. The molecule has 114 valence electrons. The van der Waals surface area contributed by atoms with Gasteiger partial charge in [-0.2, -0.15) is 0 Å². The normalized spacial score (nSPS) is 18.3. The zero-order valence-electron chi connectivity index (χ0n) is 12.4. The molecule has 1 aliphatic carbocycles. The number of aromatic nitrogens is 4. The molecule has 0 radical (unpaired) electrons. The topological polar surface area (TPSA) is 84.1 Å². The van der Waals surface area contributed by atoms with Gasteiger partial charge in [-0.15, -0.1) is 0 Å². The first kappa shape index (κ1) is 13.2. The lowest BCUT2D eigenvalue weighted by molar-refractivity contribution is 0.0691. The predicted molar refractivity (Wildman–Crippen MR) is 78.9 cm³/mol. The van der Waals surface area contributed by atoms with E-state index in [2.05, 4.69) is 19.9 Å². The summed E-state index contributed by atoms with van der Waals surface area (Å²) in [6.07, 6.45) is 7.54. The highest BCUT2D eigenvalue weighted by atomic mass is 16.4. The maximum Gasteiger partial charge on any atom is 0.356 e. The van der Waals surface area contributed by atoms with Gasteiger partial charge in [0.15, 0.2) is 5.69 Å². The Kier molecular flexibility index (Phi) is 2.72. The Hall–Kier alpha value is -2.44. The quantitative estimate of drug-likeness (QED) is 0.917. The SMILES string of the molecule is Cc1nc(N2CC3(CC3)C2)ncc1Cn1cnc(C(=O)O)c1. The van der Waals surface area contributed by atoms with Crippen LogP contribution in [0, 0.1) is 12.3 Å². The number of aryl methyl sites for hydroxylation is 1. The maximum absolute atomic E-state index is 10.8. The number of rotatable bonds is 4. The van der Waals surface area contributed by atoms with Crippen LogP contribution in [0.25, 0.3) is 0 Å². The van der Waals surface area contributed by atoms with Crippen LogP contribution in [0.4, 0.5) is 5.95 Å². The molecule has 7 heteroatoms. The lowest BCUT2D eigenvalue weighted by Crippen LogP contribution is -2.49. The molecule has 4 rings (SSSR count). The van der Waals surface area contributed by atoms with E-state index in [1.807, 2.05) is 13.1 Å². The predicted octanol–water partition coefficient (Wildman–Crippen LogP) is 1.33. The molecule has 0 amide bonds. The van der Waals surface area contributed by atoms with Gasteiger partial charge in [-0.1, -0.05) is 0 Å². The molecule has 0 atom stereocenters. The lowest BCUT2D eigenvalue weighted by Gasteiger charge is -2.40. The average Bonchev–Trinajstić information content (AvgIpc) is 3.11. The first-order valence-corrected chi connectivity index (χ1v) is 7.37. The molecule has 2 fully saturated rings. The van der Waals surface area contributed by atoms with Gasteiger partial charge in [0, 0.05) is 42.2 Å². The van der Waals surface area contributed by atoms with E-state index in [1.165, 1.54) is 25.4 Å². The van der Waals surface area contributed by atoms with Crippen molar-refractivity contribution in [3.63, 3.8) is 0 Å². The third-order valence-electron chi connectivity index (χ3n) is 4.57. The van der Waals surface area contributed by atoms with Crippen molar-refractivity contribution in [3.8, 4) is 0 Å². The van der Waals surface area contributed by atoms with Crippen molar-refractivity contribution >= 4 is 11.9 Å². The third-order valence-corrected chi connectivity index (χ3v) is 4.57. The Morgan fingerprint density at radius 2 is 2.14 bits per heavy atom. The zero-order chi connectivity index (χ0) is 15.3. The van der Waals surface area contributed by atoms with Gasteiger partial charge in [0.1, 0.15) is 0 Å². The van der Waals surface area contributed by atoms with Crippen LogP contribution in [0.1, 0.15) is 34.6 Å². The van der Waals surface area contributed by atoms with Crippen molar-refractivity contribution in [2.45, 2.75) is 26.3 Å². The second-order valence-corrected chi connectivity index (χ2v) is 6.37. The first-order valence-electron chi connectivity index (χ1n) is 7.37. The number of hydrogen-bond acceptors (Lipinski definition) is 5. The fraction of sp³-hybridized carbons (Fsp3) is 0.467. The standard InChI is InChI=1S/C15H17N5O2/c1-10-11(5-19-6-12(13(21)22)17-9-19)4-16-14(18-10)20-7-15(8-20)2-3-15/h4,6,9H,2-3,5,7-8H2,1H3,(H,21,22). The molecule has 2 aromatic heterocycles. The van der Waals surface area contributed by atoms with Crippen LogP contribution in [0.15, 0.2) is 18.7 Å². The van der Waals surface area contributed by atoms with Gasteiger partial charge < -0.3 is 14.6 Å². The van der Waals surface area contributed by atoms with Crippen LogP contribution >= 0.6 is 0 Å². The molecule has 1 N–H and O–H groups in total. The highest BCUT2D eigenvalue weighted by Gasteiger charge is 2.53. The zero-order valence-corrected chi connectivity index (χ0v) is 12.4. The van der Waals surface area contributed by atoms with E-state index < -0.39 is 5.97 Å². The monoisotopic (exact) mass is 299 g/mol. The molecular weight excluding hydrogens is 282 g/mol. The number of carboxylic acids is 1. The number of hydrogen-bond donors (Lipinski definition) is 1. The molecular formula is C15H17N5O2. The Labute approximate surface area is 127 Å². The van der Waals surface area contributed by atoms with Gasteiger partial charge in [0.2, 0.25) is 5.95 Å². The van der Waals surface area contributed by atoms with E-state index in [0.29, 0.717) is 12.0 Å². The number of carboxylic acid groups (broad SMARTS) is 1. The molecule has 0 bridgehead atoms. The summed E-state index contributed by atoms with van der Waals surface area (Å²) in [5, 5.41) is 8.89. The molecule has 2 aromatic rings. The molecule has 1 saturated carbocycles. The van der Waals surface area contributed by atoms with Gasteiger partial charge in [0.05, 0.1) is 12.9 Å². The van der Waals surface area contributed by atoms with Gasteiger partial charge in [-0.05, 0) is 19.8 Å². The minimum absolute atomic E-state index is 0.0468. The Morgan fingerprint density at radius 3 is 2.73 bits per heavy atom. The van der Waals surface area contributed by atoms with E-state index in [4.69, 9.17) is 5.11 Å². The Balaban J connectivity index is 1.48. The van der Waals surface area contributed by atoms with E-state index in [-0.39, 0.29) is 5.69 Å². The van der Waals surface area contributed by atoms with E-state index in [0.717, 1.165) is 30.3 Å². The average molecular weight is 299 g/mol. The van der Waals surface area contributed by atoms with Crippen LogP contribution in [0.2, 0.25) is 0 Å². The molecule has 0 unspecified atom stereocenters. The van der Waals surface area contributed by atoms with Crippen molar-refractivity contribution < 1.29 is 9.90 Å². The van der Waals surface area contributed by atoms with Crippen LogP contribution < -0.4 is 4.90 Å². The Morgan fingerprint density at radius 1 is 1.36 bits per heavy atom. The lowest BCUT2D eigenvalue weighted by atomic mass is 9.98. The maximum atomic E-state index is 10.8. The molecule has 7 nitrogen and oxygen atoms in total. The van der Waals surface area contributed by atoms with Gasteiger partial charge >= 0.3 is 5.97 Å². The molecule has 2 aliphatic rings. The van der Waals surface area contributed by atoms with Crippen molar-refractivity contribution in [1.82, 2.24) is 19.5 Å². The number of carbonyl (C=O) groups is 1. The Bertz CT molecular complexity index is 742. The van der Waals surface area contributed by atoms with Crippen molar-refractivity contribution in [3.05, 3.63) is 35.7 Å². The molecule has 1 spiro atoms. The minimum Gasteiger partial charge on any atom is -0.476 e. The summed E-state index contributed by atoms with van der Waals surface area (Å²) in [4.78, 5) is 26.0. The van der Waals surface area contributed by atoms with Crippen LogP contribution in [-0.2, 0) is 6.54 Å². The van der Waals surface area contributed by atoms with Crippen LogP contribution in [0.5, 0.6) is 0 Å². The summed E-state index contributed by atoms with van der Waals surface area (Å²) in [5.41, 5.74) is 2.53. The van der Waals surface area contributed by atoms with Crippen molar-refractivity contribution in [2.24, 2.45) is 5.41 Å². The molecule has 3 heterocycles. The fourth-order valence-electron chi connectivity index (χ4n) is 2.94. The van der Waals surface area contributed by atoms with Gasteiger partial charge in [0.25, 0.3) is 0 Å². The van der Waals surface area contributed by atoms with E-state index in [9.17, 15) is 4.79 Å². The molecule has 22 heavy (non-hydrogen) atoms. The summed E-state index contributed by atoms with van der Waals surface area (Å²) >= 11 is 0. The van der Waals surface area contributed by atoms with Crippen molar-refractivity contribution in [1.29, 1.82) is 0 Å². The van der Waals surface area contributed by atoms with Crippen molar-refractivity contribution in [2.75, 3.05) is 18.0 Å². The minimum atomic E-state index is -1.02. The molecule has 1 saturated heterocycles. The first-order chi connectivity index (χ1) is 10.5. The van der Waals surface area contributed by atoms with Gasteiger partial charge in [-0.25, -0.2) is 19.7 Å². The largest absolute Gasteiger partial charge is 0.476 e. The van der Waals surface area contributed by atoms with Gasteiger partial charge in [-0.3, -0.25) is 0 Å². The molecule has 1 aliphatic heterocycles. The smallest absolute Gasteiger partial charge is 0.356 e.